The molecule has 0 saturated carbocycles. The molecule has 0 heterocycles. The van der Waals surface area contributed by atoms with Crippen LogP contribution in [0.15, 0.2) is 24.3 Å². The van der Waals surface area contributed by atoms with Gasteiger partial charge in [-0.1, -0.05) is 53.7 Å². The van der Waals surface area contributed by atoms with Crippen LogP contribution in [0.1, 0.15) is 70.2 Å². The van der Waals surface area contributed by atoms with E-state index in [0.29, 0.717) is 5.75 Å². The Balaban J connectivity index is 2.32. The summed E-state index contributed by atoms with van der Waals surface area (Å²) in [5, 5.41) is 0. The van der Waals surface area contributed by atoms with Gasteiger partial charge in [-0.2, -0.15) is 0 Å². The largest absolute Gasteiger partial charge is 0.496 e. The van der Waals surface area contributed by atoms with E-state index in [-0.39, 0.29) is 16.6 Å². The molecule has 2 heteroatoms. The van der Waals surface area contributed by atoms with Crippen molar-refractivity contribution in [2.24, 2.45) is 0 Å². The summed E-state index contributed by atoms with van der Waals surface area (Å²) in [6.45, 7) is 12.9. The molecular formula is C24H31FO. The number of halogens is 1. The molecule has 0 N–H and O–H groups in total. The second-order valence-electron chi connectivity index (χ2n) is 9.55. The van der Waals surface area contributed by atoms with Gasteiger partial charge in [0.05, 0.1) is 7.11 Å². The van der Waals surface area contributed by atoms with Gasteiger partial charge in [0, 0.05) is 11.6 Å². The predicted octanol–water partition coefficient (Wildman–Crippen LogP) is 6.59. The van der Waals surface area contributed by atoms with E-state index in [2.05, 4.69) is 53.7 Å². The standard InChI is InChI=1S/C24H31FO/c1-23(2,3)19-12-16-10-8-9-15(16)11-17(19)18-13-20(24(4,5)6)21(25)14-22(18)26-7/h11-14H,8-10H2,1-7H3. The molecule has 0 aromatic heterocycles. The molecule has 2 aromatic rings. The van der Waals surface area contributed by atoms with Crippen LogP contribution >= 0.6 is 0 Å². The molecule has 0 aliphatic heterocycles. The average Bonchev–Trinajstić information content (AvgIpc) is 2.98. The van der Waals surface area contributed by atoms with Gasteiger partial charge in [0.1, 0.15) is 11.6 Å². The second kappa shape index (κ2) is 6.40. The lowest BCUT2D eigenvalue weighted by atomic mass is 9.78. The van der Waals surface area contributed by atoms with Crippen LogP contribution in [-0.2, 0) is 23.7 Å². The monoisotopic (exact) mass is 354 g/mol. The minimum atomic E-state index is -0.260. The Hall–Kier alpha value is -1.83. The van der Waals surface area contributed by atoms with Crippen molar-refractivity contribution in [3.63, 3.8) is 0 Å². The second-order valence-corrected chi connectivity index (χ2v) is 9.55. The molecule has 0 fully saturated rings. The van der Waals surface area contributed by atoms with Crippen molar-refractivity contribution in [1.29, 1.82) is 0 Å². The van der Waals surface area contributed by atoms with Crippen LogP contribution in [0.2, 0.25) is 0 Å². The fraction of sp³-hybridized carbons (Fsp3) is 0.500. The molecule has 26 heavy (non-hydrogen) atoms. The fourth-order valence-electron chi connectivity index (χ4n) is 3.98. The molecule has 0 bridgehead atoms. The lowest BCUT2D eigenvalue weighted by molar-refractivity contribution is 0.410. The van der Waals surface area contributed by atoms with Gasteiger partial charge in [-0.05, 0) is 64.0 Å². The number of fused-ring (bicyclic) bond motifs is 1. The lowest BCUT2D eigenvalue weighted by Crippen LogP contribution is -2.16. The maximum atomic E-state index is 14.7. The Bertz CT molecular complexity index is 835. The zero-order chi connectivity index (χ0) is 19.3. The van der Waals surface area contributed by atoms with Crippen LogP contribution < -0.4 is 4.74 Å². The molecule has 0 radical (unpaired) electrons. The highest BCUT2D eigenvalue weighted by atomic mass is 19.1. The van der Waals surface area contributed by atoms with E-state index in [1.165, 1.54) is 28.7 Å². The van der Waals surface area contributed by atoms with Crippen LogP contribution in [0.25, 0.3) is 11.1 Å². The van der Waals surface area contributed by atoms with E-state index >= 15 is 0 Å². The van der Waals surface area contributed by atoms with Crippen LogP contribution in [0.5, 0.6) is 5.75 Å². The van der Waals surface area contributed by atoms with Crippen molar-refractivity contribution in [1.82, 2.24) is 0 Å². The molecule has 3 rings (SSSR count). The number of hydrogen-bond acceptors (Lipinski definition) is 1. The minimum Gasteiger partial charge on any atom is -0.496 e. The summed E-state index contributed by atoms with van der Waals surface area (Å²) in [5.41, 5.74) is 6.86. The summed E-state index contributed by atoms with van der Waals surface area (Å²) in [7, 11) is 1.62. The normalized spacial score (nSPS) is 14.5. The topological polar surface area (TPSA) is 9.23 Å². The Morgan fingerprint density at radius 1 is 0.769 bits per heavy atom. The first kappa shape index (κ1) is 18.9. The van der Waals surface area contributed by atoms with Gasteiger partial charge >= 0.3 is 0 Å². The number of rotatable bonds is 2. The number of aryl methyl sites for hydroxylation is 2. The van der Waals surface area contributed by atoms with Gasteiger partial charge in [0.15, 0.2) is 0 Å². The molecule has 1 aliphatic carbocycles. The van der Waals surface area contributed by atoms with E-state index in [9.17, 15) is 4.39 Å². The smallest absolute Gasteiger partial charge is 0.130 e. The van der Waals surface area contributed by atoms with Crippen molar-refractivity contribution in [3.8, 4) is 16.9 Å². The van der Waals surface area contributed by atoms with Crippen LogP contribution in [-0.4, -0.2) is 7.11 Å². The van der Waals surface area contributed by atoms with Gasteiger partial charge in [0.2, 0.25) is 0 Å². The molecule has 0 spiro atoms. The quantitative estimate of drug-likeness (QED) is 0.591. The Morgan fingerprint density at radius 2 is 1.35 bits per heavy atom. The predicted molar refractivity (Wildman–Crippen MR) is 108 cm³/mol. The van der Waals surface area contributed by atoms with E-state index in [4.69, 9.17) is 4.74 Å². The van der Waals surface area contributed by atoms with Crippen molar-refractivity contribution < 1.29 is 9.13 Å². The molecule has 140 valence electrons. The molecule has 0 saturated heterocycles. The van der Waals surface area contributed by atoms with E-state index in [1.54, 1.807) is 13.2 Å². The fourth-order valence-corrected chi connectivity index (χ4v) is 3.98. The van der Waals surface area contributed by atoms with Crippen molar-refractivity contribution in [2.45, 2.75) is 71.6 Å². The first-order valence-electron chi connectivity index (χ1n) is 9.57. The molecule has 1 aliphatic rings. The van der Waals surface area contributed by atoms with Crippen LogP contribution in [0.4, 0.5) is 4.39 Å². The van der Waals surface area contributed by atoms with Crippen LogP contribution in [0, 0.1) is 5.82 Å². The van der Waals surface area contributed by atoms with Gasteiger partial charge in [-0.15, -0.1) is 0 Å². The molecule has 0 atom stereocenters. The van der Waals surface area contributed by atoms with Gasteiger partial charge in [-0.25, -0.2) is 4.39 Å². The van der Waals surface area contributed by atoms with Crippen molar-refractivity contribution >= 4 is 0 Å². The lowest BCUT2D eigenvalue weighted by Gasteiger charge is -2.27. The highest BCUT2D eigenvalue weighted by Gasteiger charge is 2.27. The summed E-state index contributed by atoms with van der Waals surface area (Å²) in [4.78, 5) is 0. The third-order valence-electron chi connectivity index (χ3n) is 5.43. The number of hydrogen-bond donors (Lipinski definition) is 0. The Labute approximate surface area is 157 Å². The molecular weight excluding hydrogens is 323 g/mol. The summed E-state index contributed by atoms with van der Waals surface area (Å²) in [5.74, 6) is 0.413. The zero-order valence-corrected chi connectivity index (χ0v) is 17.2. The Kier molecular flexibility index (Phi) is 4.67. The average molecular weight is 355 g/mol. The highest BCUT2D eigenvalue weighted by molar-refractivity contribution is 5.77. The number of benzene rings is 2. The van der Waals surface area contributed by atoms with Gasteiger partial charge < -0.3 is 4.74 Å². The number of ether oxygens (including phenoxy) is 1. The third kappa shape index (κ3) is 3.39. The van der Waals surface area contributed by atoms with Crippen molar-refractivity contribution in [3.05, 3.63) is 52.3 Å². The first-order chi connectivity index (χ1) is 12.0. The molecule has 0 unspecified atom stereocenters. The maximum absolute atomic E-state index is 14.7. The minimum absolute atomic E-state index is 0.00818. The van der Waals surface area contributed by atoms with E-state index < -0.39 is 0 Å². The van der Waals surface area contributed by atoms with E-state index in [0.717, 1.165) is 24.0 Å². The first-order valence-corrected chi connectivity index (χ1v) is 9.57. The molecule has 0 amide bonds. The van der Waals surface area contributed by atoms with Crippen molar-refractivity contribution in [2.75, 3.05) is 7.11 Å². The summed E-state index contributed by atoms with van der Waals surface area (Å²) in [6.07, 6.45) is 3.51. The summed E-state index contributed by atoms with van der Waals surface area (Å²) < 4.78 is 20.3. The maximum Gasteiger partial charge on any atom is 0.130 e. The molecule has 2 aromatic carbocycles. The SMILES string of the molecule is COc1cc(F)c(C(C)(C)C)cc1-c1cc2c(cc1C(C)(C)C)CCC2. The molecule has 1 nitrogen and oxygen atoms in total. The third-order valence-corrected chi connectivity index (χ3v) is 5.43. The van der Waals surface area contributed by atoms with Gasteiger partial charge in [-0.3, -0.25) is 0 Å². The van der Waals surface area contributed by atoms with Crippen LogP contribution in [0.3, 0.4) is 0 Å². The Morgan fingerprint density at radius 3 is 1.88 bits per heavy atom. The number of methoxy groups -OCH3 is 1. The highest BCUT2D eigenvalue weighted by Crippen LogP contribution is 2.43. The summed E-state index contributed by atoms with van der Waals surface area (Å²) in [6, 6.07) is 8.25. The van der Waals surface area contributed by atoms with Gasteiger partial charge in [0.25, 0.3) is 0 Å². The summed E-state index contributed by atoms with van der Waals surface area (Å²) >= 11 is 0. The van der Waals surface area contributed by atoms with E-state index in [1.807, 2.05) is 6.07 Å². The zero-order valence-electron chi connectivity index (χ0n) is 17.2.